The molecule has 0 atom stereocenters. The Bertz CT molecular complexity index is 1040. The number of anilines is 2. The average molecular weight is 442 g/mol. The van der Waals surface area contributed by atoms with Gasteiger partial charge in [-0.3, -0.25) is 4.79 Å². The largest absolute Gasteiger partial charge is 0.369 e. The third-order valence-corrected chi connectivity index (χ3v) is 5.83. The molecule has 1 aliphatic heterocycles. The summed E-state index contributed by atoms with van der Waals surface area (Å²) in [7, 11) is 0. The highest BCUT2D eigenvalue weighted by Gasteiger charge is 2.18. The molecule has 0 unspecified atom stereocenters. The molecule has 1 saturated heterocycles. The zero-order valence-corrected chi connectivity index (χ0v) is 18.9. The fourth-order valence-corrected chi connectivity index (χ4v) is 3.98. The lowest BCUT2D eigenvalue weighted by Crippen LogP contribution is -2.51. The normalized spacial score (nSPS) is 14.2. The zero-order chi connectivity index (χ0) is 22.9. The van der Waals surface area contributed by atoms with E-state index >= 15 is 0 Å². The number of rotatable bonds is 7. The van der Waals surface area contributed by atoms with Gasteiger partial charge in [0.1, 0.15) is 0 Å². The minimum absolute atomic E-state index is 0.0560. The van der Waals surface area contributed by atoms with Crippen LogP contribution in [0.4, 0.5) is 17.1 Å². The van der Waals surface area contributed by atoms with Gasteiger partial charge in [-0.25, -0.2) is 4.99 Å². The number of piperazine rings is 1. The number of nitrogens with zero attached hydrogens (tertiary/aromatic N) is 3. The Hall–Kier alpha value is -3.80. The van der Waals surface area contributed by atoms with E-state index in [1.165, 1.54) is 5.56 Å². The minimum Gasteiger partial charge on any atom is -0.369 e. The average Bonchev–Trinajstić information content (AvgIpc) is 2.86. The number of hydrogen-bond donors (Lipinski definition) is 2. The molecular weight excluding hydrogens is 410 g/mol. The van der Waals surface area contributed by atoms with E-state index in [0.29, 0.717) is 12.4 Å². The van der Waals surface area contributed by atoms with Gasteiger partial charge in [-0.2, -0.15) is 0 Å². The van der Waals surface area contributed by atoms with Crippen molar-refractivity contribution in [2.24, 2.45) is 10.7 Å². The van der Waals surface area contributed by atoms with Gasteiger partial charge in [0.25, 0.3) is 0 Å². The first-order valence-electron chi connectivity index (χ1n) is 11.5. The Morgan fingerprint density at radius 3 is 2.15 bits per heavy atom. The number of para-hydroxylation sites is 1. The van der Waals surface area contributed by atoms with Crippen LogP contribution >= 0.6 is 0 Å². The first kappa shape index (κ1) is 22.4. The second kappa shape index (κ2) is 11.2. The van der Waals surface area contributed by atoms with Crippen molar-refractivity contribution in [2.75, 3.05) is 36.4 Å². The topological polar surface area (TPSA) is 74.0 Å². The molecule has 33 heavy (non-hydrogen) atoms. The van der Waals surface area contributed by atoms with Crippen molar-refractivity contribution in [1.82, 2.24) is 4.90 Å². The van der Waals surface area contributed by atoms with Gasteiger partial charge < -0.3 is 20.9 Å². The van der Waals surface area contributed by atoms with Gasteiger partial charge in [0.05, 0.1) is 5.69 Å². The van der Waals surface area contributed by atoms with Gasteiger partial charge in [0.15, 0.2) is 5.96 Å². The van der Waals surface area contributed by atoms with E-state index in [2.05, 4.69) is 44.4 Å². The number of aryl methyl sites for hydroxylation is 1. The molecule has 1 amide bonds. The maximum atomic E-state index is 12.3. The quantitative estimate of drug-likeness (QED) is 0.421. The third kappa shape index (κ3) is 6.59. The van der Waals surface area contributed by atoms with Crippen molar-refractivity contribution in [3.05, 3.63) is 90.5 Å². The molecule has 6 nitrogen and oxygen atoms in total. The number of carbonyl (C=O) groups is 1. The summed E-state index contributed by atoms with van der Waals surface area (Å²) in [5.74, 6) is 0.617. The summed E-state index contributed by atoms with van der Waals surface area (Å²) in [4.78, 5) is 21.2. The van der Waals surface area contributed by atoms with Crippen molar-refractivity contribution >= 4 is 28.9 Å². The Morgan fingerprint density at radius 2 is 1.48 bits per heavy atom. The number of benzene rings is 3. The van der Waals surface area contributed by atoms with Crippen molar-refractivity contribution < 1.29 is 4.79 Å². The standard InChI is InChI=1S/C27H31N5O/c28-27(30-23-11-5-2-6-12-23)32-20-18-31(19-21-32)25-16-14-24(15-17-25)29-26(33)13-7-10-22-8-3-1-4-9-22/h1-6,8-9,11-12,14-17H,7,10,13,18-21H2,(H2,28,30)(H,29,33). The molecule has 1 heterocycles. The molecule has 0 saturated carbocycles. The summed E-state index contributed by atoms with van der Waals surface area (Å²) >= 11 is 0. The number of aliphatic imine (C=N–C) groups is 1. The molecular formula is C27H31N5O. The summed E-state index contributed by atoms with van der Waals surface area (Å²) in [6, 6.07) is 28.1. The number of nitrogens with two attached hydrogens (primary N) is 1. The lowest BCUT2D eigenvalue weighted by Gasteiger charge is -2.36. The summed E-state index contributed by atoms with van der Waals surface area (Å²) in [6.07, 6.45) is 2.28. The predicted molar refractivity (Wildman–Crippen MR) is 136 cm³/mol. The number of carbonyl (C=O) groups excluding carboxylic acids is 1. The van der Waals surface area contributed by atoms with Gasteiger partial charge in [-0.1, -0.05) is 48.5 Å². The molecule has 1 fully saturated rings. The van der Waals surface area contributed by atoms with Crippen LogP contribution in [0.3, 0.4) is 0 Å². The van der Waals surface area contributed by atoms with Crippen LogP contribution in [-0.2, 0) is 11.2 Å². The van der Waals surface area contributed by atoms with Gasteiger partial charge in [-0.15, -0.1) is 0 Å². The first-order valence-corrected chi connectivity index (χ1v) is 11.5. The summed E-state index contributed by atoms with van der Waals surface area (Å²) in [6.45, 7) is 3.39. The molecule has 3 aromatic carbocycles. The van der Waals surface area contributed by atoms with Crippen LogP contribution in [0.1, 0.15) is 18.4 Å². The Balaban J connectivity index is 1.22. The molecule has 0 bridgehead atoms. The third-order valence-electron chi connectivity index (χ3n) is 5.83. The van der Waals surface area contributed by atoms with Crippen molar-refractivity contribution in [1.29, 1.82) is 0 Å². The van der Waals surface area contributed by atoms with E-state index in [4.69, 9.17) is 5.73 Å². The second-order valence-corrected chi connectivity index (χ2v) is 8.21. The molecule has 3 aromatic rings. The van der Waals surface area contributed by atoms with Crippen LogP contribution in [0, 0.1) is 0 Å². The first-order chi connectivity index (χ1) is 16.2. The van der Waals surface area contributed by atoms with Crippen LogP contribution in [0.5, 0.6) is 0 Å². The highest BCUT2D eigenvalue weighted by molar-refractivity contribution is 5.90. The summed E-state index contributed by atoms with van der Waals surface area (Å²) in [5.41, 5.74) is 10.3. The summed E-state index contributed by atoms with van der Waals surface area (Å²) < 4.78 is 0. The van der Waals surface area contributed by atoms with Crippen molar-refractivity contribution in [2.45, 2.75) is 19.3 Å². The van der Waals surface area contributed by atoms with Gasteiger partial charge in [0.2, 0.25) is 5.91 Å². The van der Waals surface area contributed by atoms with E-state index in [9.17, 15) is 4.79 Å². The molecule has 4 rings (SSSR count). The fraction of sp³-hybridized carbons (Fsp3) is 0.259. The van der Waals surface area contributed by atoms with Crippen molar-refractivity contribution in [3.8, 4) is 0 Å². The van der Waals surface area contributed by atoms with Crippen molar-refractivity contribution in [3.63, 3.8) is 0 Å². The molecule has 0 spiro atoms. The molecule has 1 aliphatic rings. The van der Waals surface area contributed by atoms with E-state index in [1.54, 1.807) is 0 Å². The van der Waals surface area contributed by atoms with Gasteiger partial charge >= 0.3 is 0 Å². The summed E-state index contributed by atoms with van der Waals surface area (Å²) in [5, 5.41) is 3.01. The fourth-order valence-electron chi connectivity index (χ4n) is 3.98. The molecule has 6 heteroatoms. The minimum atomic E-state index is 0.0560. The van der Waals surface area contributed by atoms with E-state index in [1.807, 2.05) is 60.7 Å². The smallest absolute Gasteiger partial charge is 0.224 e. The van der Waals surface area contributed by atoms with E-state index < -0.39 is 0 Å². The highest BCUT2D eigenvalue weighted by Crippen LogP contribution is 2.20. The Morgan fingerprint density at radius 1 is 0.848 bits per heavy atom. The maximum absolute atomic E-state index is 12.3. The van der Waals surface area contributed by atoms with Crippen LogP contribution in [-0.4, -0.2) is 42.9 Å². The molecule has 0 radical (unpaired) electrons. The van der Waals surface area contributed by atoms with Crippen LogP contribution in [0.15, 0.2) is 89.9 Å². The molecule has 0 aromatic heterocycles. The highest BCUT2D eigenvalue weighted by atomic mass is 16.1. The molecule has 0 aliphatic carbocycles. The number of amides is 1. The predicted octanol–water partition coefficient (Wildman–Crippen LogP) is 4.42. The number of hydrogen-bond acceptors (Lipinski definition) is 3. The van der Waals surface area contributed by atoms with Crippen LogP contribution in [0.25, 0.3) is 0 Å². The second-order valence-electron chi connectivity index (χ2n) is 8.21. The molecule has 3 N–H and O–H groups in total. The van der Waals surface area contributed by atoms with Crippen LogP contribution in [0.2, 0.25) is 0 Å². The lowest BCUT2D eigenvalue weighted by molar-refractivity contribution is -0.116. The van der Waals surface area contributed by atoms with E-state index in [0.717, 1.165) is 56.1 Å². The number of guanidine groups is 1. The lowest BCUT2D eigenvalue weighted by atomic mass is 10.1. The maximum Gasteiger partial charge on any atom is 0.224 e. The Kier molecular flexibility index (Phi) is 7.59. The van der Waals surface area contributed by atoms with Gasteiger partial charge in [0, 0.05) is 44.0 Å². The Labute approximate surface area is 195 Å². The molecule has 170 valence electrons. The van der Waals surface area contributed by atoms with Gasteiger partial charge in [-0.05, 0) is 54.8 Å². The zero-order valence-electron chi connectivity index (χ0n) is 18.9. The van der Waals surface area contributed by atoms with E-state index in [-0.39, 0.29) is 5.91 Å². The monoisotopic (exact) mass is 441 g/mol. The SMILES string of the molecule is NC(=Nc1ccccc1)N1CCN(c2ccc(NC(=O)CCCc3ccccc3)cc2)CC1. The number of nitrogens with one attached hydrogen (secondary N) is 1. The van der Waals surface area contributed by atoms with Crippen LogP contribution < -0.4 is 16.0 Å².